The van der Waals surface area contributed by atoms with Crippen LogP contribution in [0.25, 0.3) is 0 Å². The highest BCUT2D eigenvalue weighted by molar-refractivity contribution is 9.10. The Morgan fingerprint density at radius 1 is 1.14 bits per heavy atom. The van der Waals surface area contributed by atoms with Gasteiger partial charge >= 0.3 is 0 Å². The summed E-state index contributed by atoms with van der Waals surface area (Å²) in [5.74, 6) is 1.09. The molecule has 1 N–H and O–H groups in total. The molecule has 2 aliphatic carbocycles. The van der Waals surface area contributed by atoms with Crippen molar-refractivity contribution in [3.05, 3.63) is 34.3 Å². The summed E-state index contributed by atoms with van der Waals surface area (Å²) in [6, 6.07) is 8.12. The lowest BCUT2D eigenvalue weighted by Crippen LogP contribution is -2.12. The van der Waals surface area contributed by atoms with Gasteiger partial charge in [-0.15, -0.1) is 0 Å². The molecule has 2 unspecified atom stereocenters. The van der Waals surface area contributed by atoms with Crippen LogP contribution in [0.4, 0.5) is 0 Å². The van der Waals surface area contributed by atoms with Crippen LogP contribution in [0, 0.1) is 11.8 Å². The van der Waals surface area contributed by atoms with Crippen molar-refractivity contribution in [1.82, 2.24) is 0 Å². The second-order valence-corrected chi connectivity index (χ2v) is 5.39. The van der Waals surface area contributed by atoms with E-state index in [2.05, 4.69) is 15.9 Å². The molecule has 0 radical (unpaired) electrons. The fourth-order valence-electron chi connectivity index (χ4n) is 3.07. The van der Waals surface area contributed by atoms with Crippen molar-refractivity contribution < 1.29 is 5.11 Å². The normalized spacial score (nSPS) is 39.6. The monoisotopic (exact) mass is 252 g/mol. The average molecular weight is 253 g/mol. The van der Waals surface area contributed by atoms with Gasteiger partial charge in [-0.1, -0.05) is 34.5 Å². The molecule has 2 fully saturated rings. The van der Waals surface area contributed by atoms with Crippen molar-refractivity contribution in [2.45, 2.75) is 24.9 Å². The lowest BCUT2D eigenvalue weighted by molar-refractivity contribution is 0.105. The van der Waals surface area contributed by atoms with E-state index in [1.807, 2.05) is 24.3 Å². The number of fused-ring (bicyclic) bond motifs is 1. The van der Waals surface area contributed by atoms with E-state index in [4.69, 9.17) is 0 Å². The van der Waals surface area contributed by atoms with Crippen LogP contribution in [0.2, 0.25) is 0 Å². The molecule has 0 amide bonds. The fourth-order valence-corrected chi connectivity index (χ4v) is 3.33. The van der Waals surface area contributed by atoms with Crippen molar-refractivity contribution in [2.24, 2.45) is 11.8 Å². The summed E-state index contributed by atoms with van der Waals surface area (Å²) in [6.07, 6.45) is 3.71. The van der Waals surface area contributed by atoms with Crippen LogP contribution < -0.4 is 0 Å². The molecule has 0 bridgehead atoms. The van der Waals surface area contributed by atoms with E-state index in [0.29, 0.717) is 11.8 Å². The molecular weight excluding hydrogens is 240 g/mol. The molecule has 2 aliphatic rings. The first-order valence-corrected chi connectivity index (χ1v) is 6.00. The SMILES string of the molecule is OC1(c2ccc(Br)cc2)C2CCCC21. The van der Waals surface area contributed by atoms with E-state index in [9.17, 15) is 5.11 Å². The quantitative estimate of drug-likeness (QED) is 0.815. The molecule has 2 heteroatoms. The van der Waals surface area contributed by atoms with E-state index in [0.717, 1.165) is 10.0 Å². The molecule has 3 rings (SSSR count). The highest BCUT2D eigenvalue weighted by Crippen LogP contribution is 2.66. The number of halogens is 1. The van der Waals surface area contributed by atoms with Gasteiger partial charge in [-0.25, -0.2) is 0 Å². The molecule has 0 spiro atoms. The van der Waals surface area contributed by atoms with Gasteiger partial charge in [-0.05, 0) is 42.4 Å². The average Bonchev–Trinajstić information content (AvgIpc) is 2.63. The van der Waals surface area contributed by atoms with Crippen LogP contribution >= 0.6 is 15.9 Å². The van der Waals surface area contributed by atoms with Crippen molar-refractivity contribution in [3.8, 4) is 0 Å². The third-order valence-corrected chi connectivity index (χ3v) is 4.37. The Bertz CT molecular complexity index is 347. The topological polar surface area (TPSA) is 20.2 Å². The summed E-state index contributed by atoms with van der Waals surface area (Å²) in [5.41, 5.74) is 0.634. The molecule has 2 atom stereocenters. The minimum atomic E-state index is -0.473. The van der Waals surface area contributed by atoms with E-state index < -0.39 is 5.60 Å². The summed E-state index contributed by atoms with van der Waals surface area (Å²) >= 11 is 3.41. The Kier molecular flexibility index (Phi) is 1.80. The zero-order chi connectivity index (χ0) is 9.76. The maximum Gasteiger partial charge on any atom is 0.0960 e. The zero-order valence-corrected chi connectivity index (χ0v) is 9.50. The van der Waals surface area contributed by atoms with Crippen LogP contribution in [-0.2, 0) is 5.60 Å². The van der Waals surface area contributed by atoms with Crippen molar-refractivity contribution >= 4 is 15.9 Å². The molecule has 74 valence electrons. The second-order valence-electron chi connectivity index (χ2n) is 4.48. The molecular formula is C12H13BrO. The summed E-state index contributed by atoms with van der Waals surface area (Å²) < 4.78 is 1.08. The molecule has 1 nitrogen and oxygen atoms in total. The van der Waals surface area contributed by atoms with E-state index in [1.54, 1.807) is 0 Å². The number of aliphatic hydroxyl groups is 1. The number of benzene rings is 1. The molecule has 0 heterocycles. The summed E-state index contributed by atoms with van der Waals surface area (Å²) in [7, 11) is 0. The largest absolute Gasteiger partial charge is 0.385 e. The van der Waals surface area contributed by atoms with Gasteiger partial charge in [-0.3, -0.25) is 0 Å². The minimum Gasteiger partial charge on any atom is -0.385 e. The van der Waals surface area contributed by atoms with Crippen LogP contribution in [-0.4, -0.2) is 5.11 Å². The Morgan fingerprint density at radius 2 is 1.71 bits per heavy atom. The first kappa shape index (κ1) is 8.93. The Morgan fingerprint density at radius 3 is 2.29 bits per heavy atom. The standard InChI is InChI=1S/C12H13BrO/c13-9-6-4-8(5-7-9)12(14)10-2-1-3-11(10)12/h4-7,10-11,14H,1-3H2. The third kappa shape index (κ3) is 1.04. The summed E-state index contributed by atoms with van der Waals surface area (Å²) in [5, 5.41) is 10.5. The zero-order valence-electron chi connectivity index (χ0n) is 7.91. The molecule has 1 aromatic carbocycles. The van der Waals surface area contributed by atoms with Crippen LogP contribution in [0.5, 0.6) is 0 Å². The third-order valence-electron chi connectivity index (χ3n) is 3.84. The van der Waals surface area contributed by atoms with E-state index in [-0.39, 0.29) is 0 Å². The van der Waals surface area contributed by atoms with Gasteiger partial charge in [-0.2, -0.15) is 0 Å². The maximum atomic E-state index is 10.5. The first-order chi connectivity index (χ1) is 6.73. The Balaban J connectivity index is 1.93. The van der Waals surface area contributed by atoms with Crippen molar-refractivity contribution in [1.29, 1.82) is 0 Å². The summed E-state index contributed by atoms with van der Waals surface area (Å²) in [4.78, 5) is 0. The van der Waals surface area contributed by atoms with Crippen LogP contribution in [0.1, 0.15) is 24.8 Å². The molecule has 2 saturated carbocycles. The van der Waals surface area contributed by atoms with Crippen LogP contribution in [0.3, 0.4) is 0 Å². The van der Waals surface area contributed by atoms with Crippen LogP contribution in [0.15, 0.2) is 28.7 Å². The van der Waals surface area contributed by atoms with Crippen molar-refractivity contribution in [2.75, 3.05) is 0 Å². The second kappa shape index (κ2) is 2.83. The summed E-state index contributed by atoms with van der Waals surface area (Å²) in [6.45, 7) is 0. The highest BCUT2D eigenvalue weighted by Gasteiger charge is 2.66. The molecule has 0 saturated heterocycles. The predicted octanol–water partition coefficient (Wildman–Crippen LogP) is 3.07. The predicted molar refractivity (Wildman–Crippen MR) is 58.9 cm³/mol. The maximum absolute atomic E-state index is 10.5. The van der Waals surface area contributed by atoms with Gasteiger partial charge in [0.1, 0.15) is 0 Å². The Hall–Kier alpha value is -0.340. The molecule has 0 aliphatic heterocycles. The first-order valence-electron chi connectivity index (χ1n) is 5.21. The lowest BCUT2D eigenvalue weighted by atomic mass is 9.99. The molecule has 1 aromatic rings. The highest BCUT2D eigenvalue weighted by atomic mass is 79.9. The smallest absolute Gasteiger partial charge is 0.0960 e. The number of hydrogen-bond donors (Lipinski definition) is 1. The minimum absolute atomic E-state index is 0.473. The van der Waals surface area contributed by atoms with Gasteiger partial charge in [0.2, 0.25) is 0 Å². The van der Waals surface area contributed by atoms with Gasteiger partial charge in [0, 0.05) is 4.47 Å². The number of hydrogen-bond acceptors (Lipinski definition) is 1. The fraction of sp³-hybridized carbons (Fsp3) is 0.500. The molecule has 14 heavy (non-hydrogen) atoms. The van der Waals surface area contributed by atoms with Gasteiger partial charge in [0.05, 0.1) is 5.60 Å². The molecule has 0 aromatic heterocycles. The van der Waals surface area contributed by atoms with Crippen molar-refractivity contribution in [3.63, 3.8) is 0 Å². The van der Waals surface area contributed by atoms with E-state index >= 15 is 0 Å². The number of rotatable bonds is 1. The van der Waals surface area contributed by atoms with E-state index in [1.165, 1.54) is 19.3 Å². The lowest BCUT2D eigenvalue weighted by Gasteiger charge is -2.14. The van der Waals surface area contributed by atoms with Gasteiger partial charge in [0.25, 0.3) is 0 Å². The Labute approximate surface area is 92.3 Å². The van der Waals surface area contributed by atoms with Gasteiger partial charge < -0.3 is 5.11 Å². The van der Waals surface area contributed by atoms with Gasteiger partial charge in [0.15, 0.2) is 0 Å².